The molecular weight excluding hydrogens is 300 g/mol. The molecule has 1 aromatic carbocycles. The quantitative estimate of drug-likeness (QED) is 0.931. The monoisotopic (exact) mass is 310 g/mol. The molecule has 0 radical (unpaired) electrons. The number of rotatable bonds is 4. The van der Waals surface area contributed by atoms with Gasteiger partial charge in [0.15, 0.2) is 6.10 Å². The van der Waals surface area contributed by atoms with Gasteiger partial charge in [-0.1, -0.05) is 15.9 Å². The molecule has 0 saturated carbocycles. The molecule has 0 spiro atoms. The van der Waals surface area contributed by atoms with Gasteiger partial charge in [0.1, 0.15) is 11.5 Å². The summed E-state index contributed by atoms with van der Waals surface area (Å²) in [6, 6.07) is 10.4. The van der Waals surface area contributed by atoms with Crippen LogP contribution in [0.5, 0.6) is 5.75 Å². The first-order valence-electron chi connectivity index (χ1n) is 5.31. The fraction of sp³-hybridized carbons (Fsp3) is 0.154. The number of ether oxygens (including phenoxy) is 1. The lowest BCUT2D eigenvalue weighted by Gasteiger charge is -2.12. The van der Waals surface area contributed by atoms with Gasteiger partial charge in [-0.15, -0.1) is 0 Å². The number of halogens is 1. The van der Waals surface area contributed by atoms with Crippen LogP contribution in [-0.2, 0) is 0 Å². The highest BCUT2D eigenvalue weighted by Crippen LogP contribution is 2.24. The zero-order chi connectivity index (χ0) is 13.1. The summed E-state index contributed by atoms with van der Waals surface area (Å²) >= 11 is 3.34. The maximum absolute atomic E-state index is 10.7. The fourth-order valence-corrected chi connectivity index (χ4v) is 1.73. The number of hydrogen-bond donors (Lipinski definition) is 1. The number of aromatic carboxylic acids is 1. The summed E-state index contributed by atoms with van der Waals surface area (Å²) in [7, 11) is 0. The molecule has 0 aliphatic heterocycles. The molecule has 0 fully saturated rings. The van der Waals surface area contributed by atoms with Crippen molar-refractivity contribution in [1.82, 2.24) is 0 Å². The number of carboxylic acid groups (broad SMARTS) is 1. The molecule has 4 nitrogen and oxygen atoms in total. The van der Waals surface area contributed by atoms with Gasteiger partial charge >= 0.3 is 5.97 Å². The molecule has 0 bridgehead atoms. The number of benzene rings is 1. The third-order valence-electron chi connectivity index (χ3n) is 2.36. The summed E-state index contributed by atoms with van der Waals surface area (Å²) in [5.74, 6) is 0.00245. The van der Waals surface area contributed by atoms with Crippen LogP contribution in [0.3, 0.4) is 0 Å². The Morgan fingerprint density at radius 3 is 2.50 bits per heavy atom. The summed E-state index contributed by atoms with van der Waals surface area (Å²) in [6.45, 7) is 1.80. The van der Waals surface area contributed by atoms with Crippen molar-refractivity contribution < 1.29 is 19.1 Å². The van der Waals surface area contributed by atoms with Gasteiger partial charge < -0.3 is 14.3 Å². The zero-order valence-electron chi connectivity index (χ0n) is 9.59. The number of hydrogen-bond acceptors (Lipinski definition) is 3. The van der Waals surface area contributed by atoms with Gasteiger partial charge in [-0.25, -0.2) is 4.79 Å². The van der Waals surface area contributed by atoms with Crippen LogP contribution in [0, 0.1) is 0 Å². The highest BCUT2D eigenvalue weighted by Gasteiger charge is 2.15. The molecule has 0 amide bonds. The van der Waals surface area contributed by atoms with E-state index in [0.29, 0.717) is 11.5 Å². The maximum Gasteiger partial charge on any atom is 0.371 e. The van der Waals surface area contributed by atoms with Crippen molar-refractivity contribution >= 4 is 21.9 Å². The summed E-state index contributed by atoms with van der Waals surface area (Å²) < 4.78 is 11.8. The standard InChI is InChI=1S/C13H11BrO4/c1-8(11-6-7-12(18-11)13(15)16)17-10-4-2-9(14)3-5-10/h2-8H,1H3,(H,15,16). The van der Waals surface area contributed by atoms with Gasteiger partial charge in [0, 0.05) is 4.47 Å². The van der Waals surface area contributed by atoms with Crippen molar-refractivity contribution in [3.05, 3.63) is 52.4 Å². The minimum absolute atomic E-state index is 0.0868. The highest BCUT2D eigenvalue weighted by molar-refractivity contribution is 9.10. The Kier molecular flexibility index (Phi) is 3.72. The average molecular weight is 311 g/mol. The zero-order valence-corrected chi connectivity index (χ0v) is 11.2. The second-order valence-electron chi connectivity index (χ2n) is 3.72. The SMILES string of the molecule is CC(Oc1ccc(Br)cc1)c1ccc(C(=O)O)o1. The molecule has 5 heteroatoms. The predicted molar refractivity (Wildman–Crippen MR) is 68.9 cm³/mol. The largest absolute Gasteiger partial charge is 0.483 e. The Labute approximate surface area is 112 Å². The fourth-order valence-electron chi connectivity index (χ4n) is 1.46. The average Bonchev–Trinajstić information content (AvgIpc) is 2.81. The topological polar surface area (TPSA) is 59.7 Å². The van der Waals surface area contributed by atoms with E-state index in [9.17, 15) is 4.79 Å². The van der Waals surface area contributed by atoms with Crippen molar-refractivity contribution in [2.75, 3.05) is 0 Å². The third kappa shape index (κ3) is 2.92. The minimum Gasteiger partial charge on any atom is -0.483 e. The van der Waals surface area contributed by atoms with E-state index in [2.05, 4.69) is 15.9 Å². The van der Waals surface area contributed by atoms with Crippen molar-refractivity contribution in [1.29, 1.82) is 0 Å². The number of furan rings is 1. The lowest BCUT2D eigenvalue weighted by Crippen LogP contribution is -2.01. The Bertz CT molecular complexity index is 544. The second-order valence-corrected chi connectivity index (χ2v) is 4.64. The Hall–Kier alpha value is -1.75. The van der Waals surface area contributed by atoms with E-state index in [4.69, 9.17) is 14.3 Å². The second kappa shape index (κ2) is 5.27. The van der Waals surface area contributed by atoms with E-state index in [-0.39, 0.29) is 11.9 Å². The number of carbonyl (C=O) groups is 1. The molecule has 1 unspecified atom stereocenters. The Morgan fingerprint density at radius 1 is 1.28 bits per heavy atom. The van der Waals surface area contributed by atoms with Crippen LogP contribution in [0.2, 0.25) is 0 Å². The van der Waals surface area contributed by atoms with Gasteiger partial charge in [-0.3, -0.25) is 0 Å². The van der Waals surface area contributed by atoms with Crippen molar-refractivity contribution in [2.24, 2.45) is 0 Å². The molecule has 1 aromatic heterocycles. The van der Waals surface area contributed by atoms with E-state index in [1.54, 1.807) is 13.0 Å². The van der Waals surface area contributed by atoms with E-state index in [1.165, 1.54) is 6.07 Å². The van der Waals surface area contributed by atoms with Crippen molar-refractivity contribution in [3.63, 3.8) is 0 Å². The predicted octanol–water partition coefficient (Wildman–Crippen LogP) is 3.88. The summed E-state index contributed by atoms with van der Waals surface area (Å²) in [5, 5.41) is 8.76. The summed E-state index contributed by atoms with van der Waals surface area (Å²) in [6.07, 6.45) is -0.348. The molecule has 2 aromatic rings. The van der Waals surface area contributed by atoms with Crippen LogP contribution < -0.4 is 4.74 Å². The van der Waals surface area contributed by atoms with Crippen molar-refractivity contribution in [3.8, 4) is 5.75 Å². The molecule has 0 aliphatic rings. The van der Waals surface area contributed by atoms with E-state index in [1.807, 2.05) is 24.3 Å². The Balaban J connectivity index is 2.09. The van der Waals surface area contributed by atoms with Crippen LogP contribution in [-0.4, -0.2) is 11.1 Å². The molecule has 1 atom stereocenters. The van der Waals surface area contributed by atoms with Gasteiger partial charge in [0.05, 0.1) is 0 Å². The molecule has 0 saturated heterocycles. The Morgan fingerprint density at radius 2 is 1.94 bits per heavy atom. The first-order valence-corrected chi connectivity index (χ1v) is 6.11. The summed E-state index contributed by atoms with van der Waals surface area (Å²) in [4.78, 5) is 10.7. The van der Waals surface area contributed by atoms with Gasteiger partial charge in [-0.2, -0.15) is 0 Å². The first-order chi connectivity index (χ1) is 8.56. The molecule has 2 rings (SSSR count). The van der Waals surface area contributed by atoms with Crippen LogP contribution in [0.1, 0.15) is 29.3 Å². The minimum atomic E-state index is -1.09. The molecule has 94 valence electrons. The molecule has 18 heavy (non-hydrogen) atoms. The van der Waals surface area contributed by atoms with Crippen molar-refractivity contribution in [2.45, 2.75) is 13.0 Å². The van der Waals surface area contributed by atoms with Gasteiger partial charge in [0.25, 0.3) is 0 Å². The van der Waals surface area contributed by atoms with E-state index in [0.717, 1.165) is 4.47 Å². The normalized spacial score (nSPS) is 12.1. The summed E-state index contributed by atoms with van der Waals surface area (Å²) in [5.41, 5.74) is 0. The maximum atomic E-state index is 10.7. The van der Waals surface area contributed by atoms with Crippen LogP contribution in [0.4, 0.5) is 0 Å². The van der Waals surface area contributed by atoms with E-state index >= 15 is 0 Å². The third-order valence-corrected chi connectivity index (χ3v) is 2.89. The van der Waals surface area contributed by atoms with Crippen LogP contribution in [0.25, 0.3) is 0 Å². The molecular formula is C13H11BrO4. The van der Waals surface area contributed by atoms with Crippen LogP contribution >= 0.6 is 15.9 Å². The highest BCUT2D eigenvalue weighted by atomic mass is 79.9. The van der Waals surface area contributed by atoms with Gasteiger partial charge in [-0.05, 0) is 43.3 Å². The number of carboxylic acids is 1. The smallest absolute Gasteiger partial charge is 0.371 e. The lowest BCUT2D eigenvalue weighted by atomic mass is 10.3. The molecule has 0 aliphatic carbocycles. The molecule has 1 N–H and O–H groups in total. The van der Waals surface area contributed by atoms with E-state index < -0.39 is 5.97 Å². The van der Waals surface area contributed by atoms with Gasteiger partial charge in [0.2, 0.25) is 5.76 Å². The first kappa shape index (κ1) is 12.7. The van der Waals surface area contributed by atoms with Crippen LogP contribution in [0.15, 0.2) is 45.3 Å². The lowest BCUT2D eigenvalue weighted by molar-refractivity contribution is 0.0655. The molecule has 1 heterocycles.